The maximum atomic E-state index is 9.97. The molecule has 0 radical (unpaired) electrons. The summed E-state index contributed by atoms with van der Waals surface area (Å²) in [7, 11) is 0. The van der Waals surface area contributed by atoms with Gasteiger partial charge in [0.05, 0.1) is 6.10 Å². The van der Waals surface area contributed by atoms with Gasteiger partial charge in [-0.05, 0) is 52.0 Å². The molecule has 0 bridgehead atoms. The minimum Gasteiger partial charge on any atom is -0.388 e. The van der Waals surface area contributed by atoms with Gasteiger partial charge in [0.15, 0.2) is 0 Å². The van der Waals surface area contributed by atoms with Crippen molar-refractivity contribution in [1.82, 2.24) is 4.57 Å². The Labute approximate surface area is 90.9 Å². The maximum absolute atomic E-state index is 9.97. The first-order valence-corrected chi connectivity index (χ1v) is 6.01. The van der Waals surface area contributed by atoms with Gasteiger partial charge in [-0.25, -0.2) is 0 Å². The van der Waals surface area contributed by atoms with Crippen molar-refractivity contribution >= 4 is 0 Å². The molecule has 3 rings (SSSR count). The molecule has 1 heterocycles. The number of aliphatic hydroxyl groups is 1. The molecule has 1 aromatic heterocycles. The van der Waals surface area contributed by atoms with Crippen LogP contribution in [0, 0.1) is 6.92 Å². The van der Waals surface area contributed by atoms with Crippen molar-refractivity contribution in [1.29, 1.82) is 0 Å². The predicted molar refractivity (Wildman–Crippen MR) is 59.9 cm³/mol. The first-order chi connectivity index (χ1) is 7.12. The second kappa shape index (κ2) is 2.88. The van der Waals surface area contributed by atoms with Crippen LogP contribution in [0.1, 0.15) is 55.7 Å². The molecular formula is C13H19NO. The highest BCUT2D eigenvalue weighted by Crippen LogP contribution is 2.47. The van der Waals surface area contributed by atoms with Crippen LogP contribution in [0.2, 0.25) is 0 Å². The van der Waals surface area contributed by atoms with E-state index in [-0.39, 0.29) is 6.10 Å². The predicted octanol–water partition coefficient (Wildman–Crippen LogP) is 2.68. The second-order valence-corrected chi connectivity index (χ2v) is 5.43. The normalized spacial score (nSPS) is 27.5. The number of aryl methyl sites for hydroxylation is 1. The highest BCUT2D eigenvalue weighted by Gasteiger charge is 2.42. The lowest BCUT2D eigenvalue weighted by molar-refractivity contribution is 0.155. The van der Waals surface area contributed by atoms with Crippen molar-refractivity contribution in [3.8, 4) is 0 Å². The van der Waals surface area contributed by atoms with Crippen LogP contribution in [0.15, 0.2) is 6.07 Å². The summed E-state index contributed by atoms with van der Waals surface area (Å²) >= 11 is 0. The summed E-state index contributed by atoms with van der Waals surface area (Å²) in [4.78, 5) is 0. The van der Waals surface area contributed by atoms with Crippen molar-refractivity contribution < 1.29 is 5.11 Å². The fourth-order valence-corrected chi connectivity index (χ4v) is 3.03. The molecule has 2 nitrogen and oxygen atoms in total. The molecule has 1 unspecified atom stereocenters. The average molecular weight is 205 g/mol. The van der Waals surface area contributed by atoms with Gasteiger partial charge in [0, 0.05) is 22.5 Å². The highest BCUT2D eigenvalue weighted by atomic mass is 16.3. The van der Waals surface area contributed by atoms with Crippen LogP contribution in [-0.2, 0) is 12.0 Å². The van der Waals surface area contributed by atoms with Crippen LogP contribution in [0.3, 0.4) is 0 Å². The van der Waals surface area contributed by atoms with Gasteiger partial charge >= 0.3 is 0 Å². The molecule has 1 fully saturated rings. The number of fused-ring (bicyclic) bond motifs is 1. The fraction of sp³-hybridized carbons (Fsp3) is 0.692. The SMILES string of the molecule is Cc1cc2c(n1C1(C)CC1)CCCC2O. The number of rotatable bonds is 1. The number of nitrogens with zero attached hydrogens (tertiary/aromatic N) is 1. The first kappa shape index (κ1) is 9.46. The summed E-state index contributed by atoms with van der Waals surface area (Å²) in [5, 5.41) is 9.97. The summed E-state index contributed by atoms with van der Waals surface area (Å²) in [5.74, 6) is 0. The molecule has 2 heteroatoms. The number of hydrogen-bond donors (Lipinski definition) is 1. The van der Waals surface area contributed by atoms with Gasteiger partial charge < -0.3 is 9.67 Å². The van der Waals surface area contributed by atoms with Crippen LogP contribution in [-0.4, -0.2) is 9.67 Å². The molecule has 1 aromatic rings. The van der Waals surface area contributed by atoms with E-state index in [0.717, 1.165) is 19.3 Å². The van der Waals surface area contributed by atoms with Crippen molar-refractivity contribution in [3.05, 3.63) is 23.0 Å². The number of hydrogen-bond acceptors (Lipinski definition) is 1. The third kappa shape index (κ3) is 1.27. The Morgan fingerprint density at radius 2 is 2.20 bits per heavy atom. The zero-order valence-electron chi connectivity index (χ0n) is 9.58. The third-order valence-corrected chi connectivity index (χ3v) is 4.08. The molecule has 0 aliphatic heterocycles. The van der Waals surface area contributed by atoms with E-state index in [1.165, 1.54) is 29.8 Å². The smallest absolute Gasteiger partial charge is 0.0807 e. The summed E-state index contributed by atoms with van der Waals surface area (Å²) in [5.41, 5.74) is 4.31. The van der Waals surface area contributed by atoms with E-state index in [1.807, 2.05) is 0 Å². The summed E-state index contributed by atoms with van der Waals surface area (Å²) in [6, 6.07) is 2.20. The number of aromatic nitrogens is 1. The van der Waals surface area contributed by atoms with Crippen LogP contribution in [0.5, 0.6) is 0 Å². The Morgan fingerprint density at radius 3 is 2.87 bits per heavy atom. The van der Waals surface area contributed by atoms with Gasteiger partial charge in [0.1, 0.15) is 0 Å². The van der Waals surface area contributed by atoms with Crippen molar-refractivity contribution in [2.45, 2.75) is 57.6 Å². The van der Waals surface area contributed by atoms with Crippen LogP contribution >= 0.6 is 0 Å². The Morgan fingerprint density at radius 1 is 1.47 bits per heavy atom. The molecule has 2 aliphatic carbocycles. The largest absolute Gasteiger partial charge is 0.388 e. The molecule has 1 N–H and O–H groups in total. The zero-order chi connectivity index (χ0) is 10.6. The fourth-order valence-electron chi connectivity index (χ4n) is 3.03. The van der Waals surface area contributed by atoms with Gasteiger partial charge in [-0.15, -0.1) is 0 Å². The van der Waals surface area contributed by atoms with Gasteiger partial charge in [0.25, 0.3) is 0 Å². The molecule has 82 valence electrons. The lowest BCUT2D eigenvalue weighted by Gasteiger charge is -2.24. The topological polar surface area (TPSA) is 25.2 Å². The van der Waals surface area contributed by atoms with Gasteiger partial charge in [-0.1, -0.05) is 0 Å². The Balaban J connectivity index is 2.14. The van der Waals surface area contributed by atoms with Crippen molar-refractivity contribution in [3.63, 3.8) is 0 Å². The van der Waals surface area contributed by atoms with Gasteiger partial charge in [0.2, 0.25) is 0 Å². The minimum absolute atomic E-state index is 0.212. The maximum Gasteiger partial charge on any atom is 0.0807 e. The van der Waals surface area contributed by atoms with Gasteiger partial charge in [-0.2, -0.15) is 0 Å². The molecule has 1 saturated carbocycles. The standard InChI is InChI=1S/C13H19NO/c1-9-8-10-11(4-3-5-12(10)15)14(9)13(2)6-7-13/h8,12,15H,3-7H2,1-2H3. The molecule has 0 aromatic carbocycles. The van der Waals surface area contributed by atoms with E-state index in [9.17, 15) is 5.11 Å². The third-order valence-electron chi connectivity index (χ3n) is 4.08. The quantitative estimate of drug-likeness (QED) is 0.749. The van der Waals surface area contributed by atoms with E-state index in [4.69, 9.17) is 0 Å². The molecule has 0 amide bonds. The van der Waals surface area contributed by atoms with Crippen LogP contribution in [0.25, 0.3) is 0 Å². The summed E-state index contributed by atoms with van der Waals surface area (Å²) in [6.07, 6.45) is 5.60. The molecule has 2 aliphatic rings. The minimum atomic E-state index is -0.212. The van der Waals surface area contributed by atoms with Crippen LogP contribution in [0.4, 0.5) is 0 Å². The molecule has 0 spiro atoms. The lowest BCUT2D eigenvalue weighted by atomic mass is 9.95. The van der Waals surface area contributed by atoms with Crippen molar-refractivity contribution in [2.24, 2.45) is 0 Å². The highest BCUT2D eigenvalue weighted by molar-refractivity contribution is 5.34. The van der Waals surface area contributed by atoms with E-state index < -0.39 is 0 Å². The number of aliphatic hydroxyl groups excluding tert-OH is 1. The monoisotopic (exact) mass is 205 g/mol. The van der Waals surface area contributed by atoms with E-state index in [2.05, 4.69) is 24.5 Å². The summed E-state index contributed by atoms with van der Waals surface area (Å²) < 4.78 is 2.49. The average Bonchev–Trinajstić information content (AvgIpc) is 2.80. The molecule has 1 atom stereocenters. The Kier molecular flexibility index (Phi) is 1.82. The summed E-state index contributed by atoms with van der Waals surface area (Å²) in [6.45, 7) is 4.51. The molecule has 0 saturated heterocycles. The first-order valence-electron chi connectivity index (χ1n) is 6.01. The van der Waals surface area contributed by atoms with E-state index >= 15 is 0 Å². The molecule has 15 heavy (non-hydrogen) atoms. The van der Waals surface area contributed by atoms with Gasteiger partial charge in [-0.3, -0.25) is 0 Å². The van der Waals surface area contributed by atoms with E-state index in [0.29, 0.717) is 5.54 Å². The molecular weight excluding hydrogens is 186 g/mol. The zero-order valence-corrected chi connectivity index (χ0v) is 9.58. The Bertz CT molecular complexity index is 401. The van der Waals surface area contributed by atoms with Crippen LogP contribution < -0.4 is 0 Å². The second-order valence-electron chi connectivity index (χ2n) is 5.43. The Hall–Kier alpha value is -0.760. The lowest BCUT2D eigenvalue weighted by Crippen LogP contribution is -2.19. The van der Waals surface area contributed by atoms with E-state index in [1.54, 1.807) is 0 Å². The van der Waals surface area contributed by atoms with Crippen molar-refractivity contribution in [2.75, 3.05) is 0 Å².